The number of halogens is 1. The van der Waals surface area contributed by atoms with Crippen molar-refractivity contribution in [2.75, 3.05) is 4.90 Å². The second-order valence-electron chi connectivity index (χ2n) is 8.79. The number of thiophene rings is 1. The molecule has 172 valence electrons. The maximum atomic E-state index is 4.86. The van der Waals surface area contributed by atoms with Crippen LogP contribution in [0.4, 0.5) is 17.1 Å². The molecule has 0 saturated carbocycles. The Bertz CT molecular complexity index is 1840. The first-order valence-electron chi connectivity index (χ1n) is 11.8. The molecule has 2 heterocycles. The fourth-order valence-corrected chi connectivity index (χ4v) is 6.56. The average molecular weight is 546 g/mol. The van der Waals surface area contributed by atoms with Crippen LogP contribution in [-0.4, -0.2) is 0 Å². The Labute approximate surface area is 220 Å². The van der Waals surface area contributed by atoms with E-state index in [-0.39, 0.29) is 6.17 Å². The monoisotopic (exact) mass is 545 g/mol. The van der Waals surface area contributed by atoms with Crippen molar-refractivity contribution in [3.05, 3.63) is 136 Å². The zero-order chi connectivity index (χ0) is 24.1. The minimum atomic E-state index is -0.222. The van der Waals surface area contributed by atoms with Gasteiger partial charge in [-0.15, -0.1) is 11.3 Å². The molecule has 3 nitrogen and oxygen atoms in total. The average Bonchev–Trinajstić information content (AvgIpc) is 3.52. The third-order valence-corrected chi connectivity index (χ3v) is 8.68. The highest BCUT2D eigenvalue weighted by Crippen LogP contribution is 2.42. The van der Waals surface area contributed by atoms with Gasteiger partial charge in [0.2, 0.25) is 0 Å². The molecule has 5 heteroatoms. The number of fused-ring (bicyclic) bond motifs is 4. The third-order valence-electron chi connectivity index (χ3n) is 6.54. The topological polar surface area (TPSA) is 28.0 Å². The Hall–Kier alpha value is -3.80. The van der Waals surface area contributed by atoms with Gasteiger partial charge in [0.05, 0.1) is 10.7 Å². The molecule has 0 spiro atoms. The Balaban J connectivity index is 1.39. The first kappa shape index (κ1) is 21.5. The Morgan fingerprint density at radius 2 is 1.31 bits per heavy atom. The first-order valence-corrected chi connectivity index (χ1v) is 13.4. The van der Waals surface area contributed by atoms with E-state index in [1.165, 1.54) is 20.2 Å². The molecule has 7 rings (SSSR count). The van der Waals surface area contributed by atoms with E-state index in [4.69, 9.17) is 9.98 Å². The van der Waals surface area contributed by atoms with Gasteiger partial charge in [0.15, 0.2) is 6.17 Å². The number of hydrogen-bond donors (Lipinski definition) is 0. The highest BCUT2D eigenvalue weighted by molar-refractivity contribution is 9.10. The lowest BCUT2D eigenvalue weighted by atomic mass is 10.1. The second kappa shape index (κ2) is 8.70. The van der Waals surface area contributed by atoms with E-state index in [1.807, 2.05) is 35.6 Å². The van der Waals surface area contributed by atoms with Crippen LogP contribution < -0.4 is 15.6 Å². The van der Waals surface area contributed by atoms with Crippen molar-refractivity contribution in [2.24, 2.45) is 9.98 Å². The lowest BCUT2D eigenvalue weighted by Gasteiger charge is -2.26. The largest absolute Gasteiger partial charge is 0.310 e. The molecule has 1 aromatic heterocycles. The molecule has 0 saturated heterocycles. The summed E-state index contributed by atoms with van der Waals surface area (Å²) in [7, 11) is 0. The SMILES string of the molecule is Brc1cccc2c1sc1ccc(N(c3ccccc3)c3cccc(C4N=c5ccccc5=N4)c3)cc12. The van der Waals surface area contributed by atoms with E-state index < -0.39 is 0 Å². The van der Waals surface area contributed by atoms with Crippen LogP contribution >= 0.6 is 27.3 Å². The number of para-hydroxylation sites is 3. The Morgan fingerprint density at radius 1 is 0.611 bits per heavy atom. The summed E-state index contributed by atoms with van der Waals surface area (Å²) in [5.74, 6) is 0. The lowest BCUT2D eigenvalue weighted by Crippen LogP contribution is -2.19. The first-order chi connectivity index (χ1) is 17.7. The van der Waals surface area contributed by atoms with Gasteiger partial charge in [0, 0.05) is 47.3 Å². The van der Waals surface area contributed by atoms with Crippen LogP contribution in [0.3, 0.4) is 0 Å². The van der Waals surface area contributed by atoms with Crippen molar-refractivity contribution in [3.8, 4) is 0 Å². The number of rotatable bonds is 4. The molecule has 0 unspecified atom stereocenters. The molecule has 6 aromatic rings. The van der Waals surface area contributed by atoms with E-state index in [1.54, 1.807) is 0 Å². The summed E-state index contributed by atoms with van der Waals surface area (Å²) in [6, 6.07) is 40.4. The molecular weight excluding hydrogens is 526 g/mol. The minimum absolute atomic E-state index is 0.222. The molecular formula is C31H20BrN3S. The van der Waals surface area contributed by atoms with E-state index in [9.17, 15) is 0 Å². The van der Waals surface area contributed by atoms with Crippen LogP contribution in [-0.2, 0) is 0 Å². The van der Waals surface area contributed by atoms with Gasteiger partial charge in [-0.2, -0.15) is 0 Å². The van der Waals surface area contributed by atoms with Crippen LogP contribution in [0.2, 0.25) is 0 Å². The summed E-state index contributed by atoms with van der Waals surface area (Å²) >= 11 is 5.55. The van der Waals surface area contributed by atoms with Crippen LogP contribution in [0.5, 0.6) is 0 Å². The molecule has 1 aliphatic heterocycles. The summed E-state index contributed by atoms with van der Waals surface area (Å²) in [5, 5.41) is 4.44. The van der Waals surface area contributed by atoms with Gasteiger partial charge < -0.3 is 4.90 Å². The van der Waals surface area contributed by atoms with Gasteiger partial charge in [-0.05, 0) is 76.6 Å². The highest BCUT2D eigenvalue weighted by Gasteiger charge is 2.18. The van der Waals surface area contributed by atoms with E-state index in [0.717, 1.165) is 37.8 Å². The Kier molecular flexibility index (Phi) is 5.19. The van der Waals surface area contributed by atoms with Crippen molar-refractivity contribution in [1.82, 2.24) is 0 Å². The van der Waals surface area contributed by atoms with Crippen molar-refractivity contribution >= 4 is 64.5 Å². The Morgan fingerprint density at radius 3 is 2.11 bits per heavy atom. The predicted octanol–water partition coefficient (Wildman–Crippen LogP) is 8.24. The molecule has 0 radical (unpaired) electrons. The van der Waals surface area contributed by atoms with Gasteiger partial charge in [-0.25, -0.2) is 0 Å². The van der Waals surface area contributed by atoms with Crippen LogP contribution in [0.15, 0.2) is 130 Å². The normalized spacial score (nSPS) is 12.9. The number of hydrogen-bond acceptors (Lipinski definition) is 4. The lowest BCUT2D eigenvalue weighted by molar-refractivity contribution is 0.771. The molecule has 1 aliphatic rings. The zero-order valence-electron chi connectivity index (χ0n) is 19.2. The molecule has 5 aromatic carbocycles. The van der Waals surface area contributed by atoms with Crippen molar-refractivity contribution < 1.29 is 0 Å². The van der Waals surface area contributed by atoms with Crippen LogP contribution in [0.1, 0.15) is 11.7 Å². The van der Waals surface area contributed by atoms with Gasteiger partial charge in [0.1, 0.15) is 0 Å². The van der Waals surface area contributed by atoms with Crippen LogP contribution in [0, 0.1) is 0 Å². The van der Waals surface area contributed by atoms with Crippen molar-refractivity contribution in [1.29, 1.82) is 0 Å². The van der Waals surface area contributed by atoms with Crippen molar-refractivity contribution in [2.45, 2.75) is 6.17 Å². The fraction of sp³-hybridized carbons (Fsp3) is 0.0323. The predicted molar refractivity (Wildman–Crippen MR) is 153 cm³/mol. The zero-order valence-corrected chi connectivity index (χ0v) is 21.6. The standard InChI is InChI=1S/C31H20BrN3S/c32-26-13-7-12-24-25-19-23(16-17-29(25)36-30(24)26)35(21-9-2-1-3-10-21)22-11-6-8-20(18-22)31-33-27-14-4-5-15-28(27)34-31/h1-19,31H. The summed E-state index contributed by atoms with van der Waals surface area (Å²) in [6.07, 6.45) is -0.222. The summed E-state index contributed by atoms with van der Waals surface area (Å²) < 4.78 is 3.70. The molecule has 0 aliphatic carbocycles. The summed E-state index contributed by atoms with van der Waals surface area (Å²) in [4.78, 5) is 12.0. The van der Waals surface area contributed by atoms with Gasteiger partial charge in [0.25, 0.3) is 0 Å². The maximum Gasteiger partial charge on any atom is 0.166 e. The molecule has 0 fully saturated rings. The molecule has 0 atom stereocenters. The quantitative estimate of drug-likeness (QED) is 0.219. The minimum Gasteiger partial charge on any atom is -0.310 e. The fourth-order valence-electron chi connectivity index (χ4n) is 4.86. The summed E-state index contributed by atoms with van der Waals surface area (Å²) in [6.45, 7) is 0. The molecule has 0 bridgehead atoms. The van der Waals surface area contributed by atoms with Gasteiger partial charge in [-0.3, -0.25) is 9.98 Å². The number of anilines is 3. The van der Waals surface area contributed by atoms with Gasteiger partial charge in [-0.1, -0.05) is 54.6 Å². The maximum absolute atomic E-state index is 4.86. The molecule has 0 N–H and O–H groups in total. The van der Waals surface area contributed by atoms with E-state index >= 15 is 0 Å². The van der Waals surface area contributed by atoms with Gasteiger partial charge >= 0.3 is 0 Å². The van der Waals surface area contributed by atoms with Crippen molar-refractivity contribution in [3.63, 3.8) is 0 Å². The van der Waals surface area contributed by atoms with Crippen LogP contribution in [0.25, 0.3) is 20.2 Å². The number of nitrogens with zero attached hydrogens (tertiary/aromatic N) is 3. The molecule has 0 amide bonds. The second-order valence-corrected chi connectivity index (χ2v) is 10.7. The molecule has 36 heavy (non-hydrogen) atoms. The summed E-state index contributed by atoms with van der Waals surface area (Å²) in [5.41, 5.74) is 4.39. The smallest absolute Gasteiger partial charge is 0.166 e. The highest BCUT2D eigenvalue weighted by atomic mass is 79.9. The third kappa shape index (κ3) is 3.63. The van der Waals surface area contributed by atoms with E-state index in [2.05, 4.69) is 112 Å². The van der Waals surface area contributed by atoms with E-state index in [0.29, 0.717) is 0 Å². The number of benzene rings is 5.